The fourth-order valence-electron chi connectivity index (χ4n) is 5.90. The van der Waals surface area contributed by atoms with Crippen LogP contribution in [-0.4, -0.2) is 74.9 Å². The van der Waals surface area contributed by atoms with Crippen molar-refractivity contribution in [3.63, 3.8) is 0 Å². The molecule has 0 aromatic heterocycles. The molecule has 0 heterocycles. The van der Waals surface area contributed by atoms with Crippen molar-refractivity contribution in [2.24, 2.45) is 0 Å². The SMILES string of the molecule is CCCCC/C=C/C/C=C/C/C=C/CCCCCCC(=O)O[C@H](COC(=O)CCCCCCCCCCCCCCCC)COP(=O)(O)OCC[N+](C)(C)C. The molecule has 0 bridgehead atoms. The largest absolute Gasteiger partial charge is 0.472 e. The van der Waals surface area contributed by atoms with Gasteiger partial charge >= 0.3 is 19.8 Å². The average Bonchev–Trinajstić information content (AvgIpc) is 3.13. The van der Waals surface area contributed by atoms with Crippen LogP contribution in [0.1, 0.15) is 187 Å². The van der Waals surface area contributed by atoms with Gasteiger partial charge in [0.15, 0.2) is 6.10 Å². The third kappa shape index (κ3) is 41.7. The first kappa shape index (κ1) is 53.2. The number of esters is 2. The number of nitrogens with zero attached hydrogens (tertiary/aromatic N) is 1. The Balaban J connectivity index is 4.40. The van der Waals surface area contributed by atoms with Crippen molar-refractivity contribution in [3.05, 3.63) is 36.5 Å². The highest BCUT2D eigenvalue weighted by Gasteiger charge is 2.27. The number of rotatable bonds is 40. The molecule has 0 fully saturated rings. The molecule has 0 saturated carbocycles. The van der Waals surface area contributed by atoms with E-state index in [0.29, 0.717) is 17.4 Å². The Morgan fingerprint density at radius 3 is 1.49 bits per heavy atom. The van der Waals surface area contributed by atoms with Crippen molar-refractivity contribution < 1.29 is 42.1 Å². The van der Waals surface area contributed by atoms with Gasteiger partial charge in [-0.15, -0.1) is 0 Å². The predicted octanol–water partition coefficient (Wildman–Crippen LogP) is 12.5. The van der Waals surface area contributed by atoms with Gasteiger partial charge in [0.25, 0.3) is 0 Å². The van der Waals surface area contributed by atoms with Crippen molar-refractivity contribution in [1.82, 2.24) is 0 Å². The van der Waals surface area contributed by atoms with Gasteiger partial charge in [-0.1, -0.05) is 159 Å². The molecule has 1 N–H and O–H groups in total. The molecule has 0 aromatic rings. The van der Waals surface area contributed by atoms with E-state index < -0.39 is 26.5 Å². The van der Waals surface area contributed by atoms with Crippen LogP contribution in [0.4, 0.5) is 0 Å². The molecule has 0 aliphatic rings. The van der Waals surface area contributed by atoms with E-state index in [9.17, 15) is 19.0 Å². The van der Waals surface area contributed by atoms with E-state index >= 15 is 0 Å². The number of phosphoric acid groups is 1. The summed E-state index contributed by atoms with van der Waals surface area (Å²) in [6.07, 6.45) is 41.8. The zero-order valence-electron chi connectivity index (χ0n) is 36.2. The zero-order valence-corrected chi connectivity index (χ0v) is 37.1. The number of allylic oxidation sites excluding steroid dienone is 6. The van der Waals surface area contributed by atoms with Gasteiger partial charge in [-0.3, -0.25) is 18.6 Å². The zero-order chi connectivity index (χ0) is 40.7. The number of hydrogen-bond acceptors (Lipinski definition) is 7. The fourth-order valence-corrected chi connectivity index (χ4v) is 6.64. The monoisotopic (exact) mass is 799 g/mol. The summed E-state index contributed by atoms with van der Waals surface area (Å²) in [6.45, 7) is 4.37. The number of unbranched alkanes of at least 4 members (excludes halogenated alkanes) is 20. The van der Waals surface area contributed by atoms with Crippen LogP contribution in [0.3, 0.4) is 0 Å². The molecule has 0 saturated heterocycles. The summed E-state index contributed by atoms with van der Waals surface area (Å²) in [7, 11) is 1.46. The van der Waals surface area contributed by atoms with Crippen molar-refractivity contribution in [3.8, 4) is 0 Å². The molecule has 0 aliphatic heterocycles. The molecule has 2 atom stereocenters. The third-order valence-electron chi connectivity index (χ3n) is 9.42. The van der Waals surface area contributed by atoms with Crippen LogP contribution in [0.25, 0.3) is 0 Å². The van der Waals surface area contributed by atoms with Crippen molar-refractivity contribution in [1.29, 1.82) is 0 Å². The number of hydrogen-bond donors (Lipinski definition) is 1. The Morgan fingerprint density at radius 1 is 0.564 bits per heavy atom. The second-order valence-electron chi connectivity index (χ2n) is 16.1. The molecule has 1 unspecified atom stereocenters. The minimum absolute atomic E-state index is 0.0277. The lowest BCUT2D eigenvalue weighted by molar-refractivity contribution is -0.870. The first-order valence-corrected chi connectivity index (χ1v) is 23.7. The van der Waals surface area contributed by atoms with Gasteiger partial charge in [-0.25, -0.2) is 4.57 Å². The maximum absolute atomic E-state index is 12.7. The lowest BCUT2D eigenvalue weighted by Crippen LogP contribution is -2.37. The molecule has 0 aliphatic carbocycles. The Kier molecular flexibility index (Phi) is 36.6. The summed E-state index contributed by atoms with van der Waals surface area (Å²) in [5.41, 5.74) is 0. The van der Waals surface area contributed by atoms with Crippen LogP contribution < -0.4 is 0 Å². The molecule has 0 radical (unpaired) electrons. The van der Waals surface area contributed by atoms with E-state index in [0.717, 1.165) is 57.8 Å². The first-order valence-electron chi connectivity index (χ1n) is 22.2. The van der Waals surface area contributed by atoms with Crippen LogP contribution in [0.5, 0.6) is 0 Å². The molecule has 0 spiro atoms. The average molecular weight is 799 g/mol. The smallest absolute Gasteiger partial charge is 0.462 e. The Hall–Kier alpha value is -1.77. The standard InChI is InChI=1S/C45H84NO8P/c1-6-8-10-12-14-16-18-20-22-23-24-26-28-30-32-34-36-38-45(48)54-43(42-53-55(49,50)52-40-39-46(3,4)5)41-51-44(47)37-35-33-31-29-27-25-21-19-17-15-13-11-9-7-2/h14,16,20,22,24,26,43H,6-13,15,17-19,21,23,25,27-42H2,1-5H3/p+1/b16-14+,22-20+,26-24+/t43-/m1/s1. The van der Waals surface area contributed by atoms with Gasteiger partial charge in [0, 0.05) is 12.8 Å². The second-order valence-corrected chi connectivity index (χ2v) is 17.5. The highest BCUT2D eigenvalue weighted by molar-refractivity contribution is 7.47. The molecule has 0 rings (SSSR count). The summed E-state index contributed by atoms with van der Waals surface area (Å²) in [4.78, 5) is 35.3. The van der Waals surface area contributed by atoms with E-state index in [1.807, 2.05) is 21.1 Å². The van der Waals surface area contributed by atoms with Crippen molar-refractivity contribution in [2.75, 3.05) is 47.5 Å². The molecule has 322 valence electrons. The van der Waals surface area contributed by atoms with Gasteiger partial charge in [-0.05, 0) is 51.4 Å². The molecular weight excluding hydrogens is 713 g/mol. The normalized spacial score (nSPS) is 13.9. The minimum Gasteiger partial charge on any atom is -0.462 e. The topological polar surface area (TPSA) is 108 Å². The molecule has 55 heavy (non-hydrogen) atoms. The first-order chi connectivity index (χ1) is 26.5. The van der Waals surface area contributed by atoms with E-state index in [1.54, 1.807) is 0 Å². The Labute approximate surface area is 338 Å². The number of carbonyl (C=O) groups excluding carboxylic acids is 2. The van der Waals surface area contributed by atoms with Crippen LogP contribution >= 0.6 is 7.82 Å². The highest BCUT2D eigenvalue weighted by atomic mass is 31.2. The van der Waals surface area contributed by atoms with E-state index in [-0.39, 0.29) is 32.0 Å². The van der Waals surface area contributed by atoms with Crippen molar-refractivity contribution in [2.45, 2.75) is 193 Å². The molecule has 0 amide bonds. The number of carbonyl (C=O) groups is 2. The lowest BCUT2D eigenvalue weighted by Gasteiger charge is -2.24. The number of likely N-dealkylation sites (N-methyl/N-ethyl adjacent to an activating group) is 1. The second kappa shape index (κ2) is 37.8. The summed E-state index contributed by atoms with van der Waals surface area (Å²) in [5.74, 6) is -0.820. The van der Waals surface area contributed by atoms with Gasteiger partial charge < -0.3 is 18.9 Å². The van der Waals surface area contributed by atoms with Crippen LogP contribution in [-0.2, 0) is 32.7 Å². The number of ether oxygens (including phenoxy) is 2. The third-order valence-corrected chi connectivity index (χ3v) is 10.4. The van der Waals surface area contributed by atoms with Crippen LogP contribution in [0.2, 0.25) is 0 Å². The fraction of sp³-hybridized carbons (Fsp3) is 0.822. The number of phosphoric ester groups is 1. The lowest BCUT2D eigenvalue weighted by atomic mass is 10.0. The minimum atomic E-state index is -4.38. The molecular formula is C45H85NO8P+. The molecule has 10 heteroatoms. The van der Waals surface area contributed by atoms with Crippen LogP contribution in [0, 0.1) is 0 Å². The predicted molar refractivity (Wildman–Crippen MR) is 229 cm³/mol. The quantitative estimate of drug-likeness (QED) is 0.0215. The maximum Gasteiger partial charge on any atom is 0.472 e. The Bertz CT molecular complexity index is 1040. The maximum atomic E-state index is 12.7. The van der Waals surface area contributed by atoms with Gasteiger partial charge in [0.1, 0.15) is 19.8 Å². The van der Waals surface area contributed by atoms with Crippen molar-refractivity contribution >= 4 is 19.8 Å². The molecule has 9 nitrogen and oxygen atoms in total. The van der Waals surface area contributed by atoms with Gasteiger partial charge in [0.05, 0.1) is 27.7 Å². The summed E-state index contributed by atoms with van der Waals surface area (Å²) < 4.78 is 34.3. The van der Waals surface area contributed by atoms with E-state index in [1.165, 1.54) is 96.3 Å². The Morgan fingerprint density at radius 2 is 0.982 bits per heavy atom. The van der Waals surface area contributed by atoms with Crippen LogP contribution in [0.15, 0.2) is 36.5 Å². The summed E-state index contributed by atoms with van der Waals surface area (Å²) in [6, 6.07) is 0. The summed E-state index contributed by atoms with van der Waals surface area (Å²) >= 11 is 0. The van der Waals surface area contributed by atoms with E-state index in [2.05, 4.69) is 50.3 Å². The summed E-state index contributed by atoms with van der Waals surface area (Å²) in [5, 5.41) is 0. The van der Waals surface area contributed by atoms with Gasteiger partial charge in [-0.2, -0.15) is 0 Å². The highest BCUT2D eigenvalue weighted by Crippen LogP contribution is 2.43. The molecule has 0 aromatic carbocycles. The van der Waals surface area contributed by atoms with E-state index in [4.69, 9.17) is 18.5 Å². The number of quaternary nitrogens is 1. The van der Waals surface area contributed by atoms with Gasteiger partial charge in [0.2, 0.25) is 0 Å².